The summed E-state index contributed by atoms with van der Waals surface area (Å²) in [7, 11) is 1.31. The van der Waals surface area contributed by atoms with Gasteiger partial charge in [-0.15, -0.1) is 0 Å². The van der Waals surface area contributed by atoms with Crippen molar-refractivity contribution in [3.05, 3.63) is 93.9 Å². The number of aromatic amines is 1. The van der Waals surface area contributed by atoms with Crippen molar-refractivity contribution in [2.45, 2.75) is 30.1 Å². The van der Waals surface area contributed by atoms with Crippen LogP contribution in [0.25, 0.3) is 22.0 Å². The highest BCUT2D eigenvalue weighted by Gasteiger charge is 2.19. The summed E-state index contributed by atoms with van der Waals surface area (Å²) >= 11 is 1.67. The van der Waals surface area contributed by atoms with Crippen molar-refractivity contribution in [3.63, 3.8) is 0 Å². The van der Waals surface area contributed by atoms with E-state index in [1.165, 1.54) is 18.1 Å². The predicted molar refractivity (Wildman–Crippen MR) is 155 cm³/mol. The Bertz CT molecular complexity index is 1790. The molecule has 3 aromatic carbocycles. The third-order valence-electron chi connectivity index (χ3n) is 6.13. The van der Waals surface area contributed by atoms with Crippen LogP contribution in [0.1, 0.15) is 18.2 Å². The molecular weight excluding hydrogens is 530 g/mol. The number of phenols is 1. The van der Waals surface area contributed by atoms with E-state index < -0.39 is 6.09 Å². The average molecular weight is 558 g/mol. The number of nitrogens with zero attached hydrogens (tertiary/aromatic N) is 1. The number of hydrogen-bond acceptors (Lipinski definition) is 8. The third-order valence-corrected chi connectivity index (χ3v) is 7.13. The first-order chi connectivity index (χ1) is 19.3. The van der Waals surface area contributed by atoms with Gasteiger partial charge in [-0.25, -0.2) is 9.78 Å². The van der Waals surface area contributed by atoms with Gasteiger partial charge in [0.15, 0.2) is 5.43 Å². The van der Waals surface area contributed by atoms with Crippen molar-refractivity contribution in [1.82, 2.24) is 9.97 Å². The Morgan fingerprint density at radius 3 is 2.67 bits per heavy atom. The lowest BCUT2D eigenvalue weighted by Crippen LogP contribution is -2.11. The topological polar surface area (TPSA) is 127 Å². The highest BCUT2D eigenvalue weighted by Crippen LogP contribution is 2.37. The van der Waals surface area contributed by atoms with Gasteiger partial charge in [0.25, 0.3) is 0 Å². The molecule has 3 heterocycles. The summed E-state index contributed by atoms with van der Waals surface area (Å²) in [4.78, 5) is 32.7. The molecule has 0 fully saturated rings. The van der Waals surface area contributed by atoms with Crippen LogP contribution in [-0.4, -0.2) is 34.9 Å². The Labute approximate surface area is 233 Å². The molecule has 1 amide bonds. The van der Waals surface area contributed by atoms with Gasteiger partial charge in [0.1, 0.15) is 34.8 Å². The van der Waals surface area contributed by atoms with Gasteiger partial charge in [-0.2, -0.15) is 0 Å². The summed E-state index contributed by atoms with van der Waals surface area (Å²) in [5.74, 6) is 1.43. The van der Waals surface area contributed by atoms with Crippen LogP contribution in [0.15, 0.2) is 91.3 Å². The lowest BCUT2D eigenvalue weighted by molar-refractivity contribution is 0.186. The van der Waals surface area contributed by atoms with E-state index in [9.17, 15) is 14.7 Å². The number of fused-ring (bicyclic) bond motifs is 3. The fourth-order valence-corrected chi connectivity index (χ4v) is 5.06. The maximum absolute atomic E-state index is 12.0. The second-order valence-electron chi connectivity index (χ2n) is 9.14. The lowest BCUT2D eigenvalue weighted by Gasteiger charge is -2.11. The van der Waals surface area contributed by atoms with Gasteiger partial charge in [0.05, 0.1) is 18.1 Å². The number of imidazole rings is 1. The summed E-state index contributed by atoms with van der Waals surface area (Å²) < 4.78 is 15.7. The van der Waals surface area contributed by atoms with Crippen molar-refractivity contribution in [1.29, 1.82) is 0 Å². The minimum atomic E-state index is -0.548. The number of methoxy groups -OCH3 is 1. The summed E-state index contributed by atoms with van der Waals surface area (Å²) in [6.45, 7) is 4.15. The Balaban J connectivity index is 0.000000162. The first-order valence-electron chi connectivity index (χ1n) is 12.5. The number of H-pyrrole nitrogens is 1. The molecule has 0 aliphatic carbocycles. The van der Waals surface area contributed by atoms with E-state index in [0.717, 1.165) is 21.5 Å². The van der Waals surface area contributed by atoms with Crippen molar-refractivity contribution in [2.24, 2.45) is 0 Å². The molecule has 204 valence electrons. The monoisotopic (exact) mass is 557 g/mol. The Morgan fingerprint density at radius 1 is 1.10 bits per heavy atom. The molecule has 0 unspecified atom stereocenters. The normalized spacial score (nSPS) is 12.4. The van der Waals surface area contributed by atoms with Crippen molar-refractivity contribution >= 4 is 45.8 Å². The zero-order valence-corrected chi connectivity index (χ0v) is 22.9. The molecule has 0 atom stereocenters. The van der Waals surface area contributed by atoms with Gasteiger partial charge in [0.2, 0.25) is 5.95 Å². The van der Waals surface area contributed by atoms with Crippen LogP contribution < -0.4 is 15.5 Å². The second kappa shape index (κ2) is 11.6. The van der Waals surface area contributed by atoms with Gasteiger partial charge >= 0.3 is 6.09 Å². The second-order valence-corrected chi connectivity index (χ2v) is 10.3. The maximum Gasteiger partial charge on any atom is 0.413 e. The number of benzene rings is 3. The SMILES string of the molecule is CC1=CCc2c(cc3oc(C)cc(=O)c3c2O)OC1.COC(=O)Nc1nc2ccc(Sc3ccccc3)cc2[nH]1. The molecule has 0 spiro atoms. The smallest absolute Gasteiger partial charge is 0.413 e. The number of phenolic OH excluding ortho intramolecular Hbond substituents is 1. The van der Waals surface area contributed by atoms with Crippen LogP contribution >= 0.6 is 11.8 Å². The molecule has 3 N–H and O–H groups in total. The number of nitrogens with one attached hydrogen (secondary N) is 2. The molecule has 40 heavy (non-hydrogen) atoms. The van der Waals surface area contributed by atoms with Crippen LogP contribution in [0.5, 0.6) is 11.5 Å². The minimum Gasteiger partial charge on any atom is -0.507 e. The Kier molecular flexibility index (Phi) is 7.79. The highest BCUT2D eigenvalue weighted by molar-refractivity contribution is 7.99. The number of hydrogen-bond donors (Lipinski definition) is 3. The number of aromatic hydroxyl groups is 1. The summed E-state index contributed by atoms with van der Waals surface area (Å²) in [5.41, 5.74) is 3.52. The van der Waals surface area contributed by atoms with E-state index in [1.54, 1.807) is 24.8 Å². The number of carbonyl (C=O) groups is 1. The van der Waals surface area contributed by atoms with E-state index in [1.807, 2.05) is 49.4 Å². The van der Waals surface area contributed by atoms with Crippen molar-refractivity contribution in [2.75, 3.05) is 19.0 Å². The lowest BCUT2D eigenvalue weighted by atomic mass is 10.0. The van der Waals surface area contributed by atoms with E-state index in [-0.39, 0.29) is 16.6 Å². The third kappa shape index (κ3) is 5.97. The summed E-state index contributed by atoms with van der Waals surface area (Å²) in [6.07, 6.45) is 2.00. The summed E-state index contributed by atoms with van der Waals surface area (Å²) in [5, 5.41) is 13.0. The standard InChI is InChI=1S/C15H13N3O2S.C15H14O4/c1-20-15(19)18-14-16-12-8-7-11(9-13(12)17-14)21-10-5-3-2-4-6-10;1-8-3-4-10-12(18-7-8)6-13-14(15(10)17)11(16)5-9(2)19-13/h2-9H,1H3,(H2,16,17,18,19);3,5-6,17H,4,7H2,1-2H3. The number of amides is 1. The van der Waals surface area contributed by atoms with Gasteiger partial charge in [-0.3, -0.25) is 10.1 Å². The first kappa shape index (κ1) is 26.9. The van der Waals surface area contributed by atoms with E-state index in [4.69, 9.17) is 9.15 Å². The molecule has 0 saturated heterocycles. The van der Waals surface area contributed by atoms with Crippen LogP contribution in [0.3, 0.4) is 0 Å². The largest absolute Gasteiger partial charge is 0.507 e. The quantitative estimate of drug-likeness (QED) is 0.212. The van der Waals surface area contributed by atoms with Crippen LogP contribution in [-0.2, 0) is 11.2 Å². The number of anilines is 1. The number of aryl methyl sites for hydroxylation is 1. The molecule has 2 aromatic heterocycles. The molecule has 10 heteroatoms. The average Bonchev–Trinajstić information content (AvgIpc) is 3.23. The highest BCUT2D eigenvalue weighted by atomic mass is 32.2. The Hall–Kier alpha value is -4.70. The number of ether oxygens (including phenoxy) is 2. The molecule has 5 aromatic rings. The zero-order valence-electron chi connectivity index (χ0n) is 22.1. The molecule has 0 saturated carbocycles. The van der Waals surface area contributed by atoms with E-state index in [0.29, 0.717) is 41.6 Å². The zero-order chi connectivity index (χ0) is 28.2. The number of carbonyl (C=O) groups excluding carboxylic acids is 1. The van der Waals surface area contributed by atoms with Crippen LogP contribution in [0.4, 0.5) is 10.7 Å². The van der Waals surface area contributed by atoms with E-state index >= 15 is 0 Å². The van der Waals surface area contributed by atoms with Gasteiger partial charge in [-0.1, -0.05) is 36.0 Å². The van der Waals surface area contributed by atoms with Crippen molar-refractivity contribution < 1.29 is 23.8 Å². The predicted octanol–water partition coefficient (Wildman–Crippen LogP) is 6.58. The van der Waals surface area contributed by atoms with Gasteiger partial charge < -0.3 is 24.0 Å². The molecule has 1 aliphatic heterocycles. The molecule has 0 radical (unpaired) electrons. The number of allylic oxidation sites excluding steroid dienone is 1. The first-order valence-corrected chi connectivity index (χ1v) is 13.3. The number of rotatable bonds is 3. The van der Waals surface area contributed by atoms with Crippen LogP contribution in [0.2, 0.25) is 0 Å². The summed E-state index contributed by atoms with van der Waals surface area (Å²) in [6, 6.07) is 19.1. The van der Waals surface area contributed by atoms with E-state index in [2.05, 4.69) is 32.2 Å². The van der Waals surface area contributed by atoms with Gasteiger partial charge in [0, 0.05) is 27.5 Å². The maximum atomic E-state index is 12.0. The van der Waals surface area contributed by atoms with Gasteiger partial charge in [-0.05, 0) is 56.2 Å². The molecular formula is C30H27N3O6S. The molecule has 0 bridgehead atoms. The Morgan fingerprint density at radius 2 is 1.90 bits per heavy atom. The van der Waals surface area contributed by atoms with Crippen molar-refractivity contribution in [3.8, 4) is 11.5 Å². The van der Waals surface area contributed by atoms with Crippen LogP contribution in [0, 0.1) is 6.92 Å². The molecule has 1 aliphatic rings. The number of aromatic nitrogens is 2. The fraction of sp³-hybridized carbons (Fsp3) is 0.167. The fourth-order valence-electron chi connectivity index (χ4n) is 4.18. The minimum absolute atomic E-state index is 0.0350. The molecule has 9 nitrogen and oxygen atoms in total. The molecule has 6 rings (SSSR count).